The van der Waals surface area contributed by atoms with Crippen molar-refractivity contribution in [3.63, 3.8) is 0 Å². The van der Waals surface area contributed by atoms with Gasteiger partial charge < -0.3 is 0 Å². The Morgan fingerprint density at radius 2 is 1.77 bits per heavy atom. The third-order valence-corrected chi connectivity index (χ3v) is 5.88. The highest BCUT2D eigenvalue weighted by Crippen LogP contribution is 2.40. The van der Waals surface area contributed by atoms with E-state index in [4.69, 9.17) is 0 Å². The van der Waals surface area contributed by atoms with Crippen LogP contribution in [0.3, 0.4) is 0 Å². The van der Waals surface area contributed by atoms with Crippen molar-refractivity contribution in [3.8, 4) is 0 Å². The van der Waals surface area contributed by atoms with Gasteiger partial charge in [-0.15, -0.1) is 0 Å². The van der Waals surface area contributed by atoms with Gasteiger partial charge in [-0.2, -0.15) is 0 Å². The lowest BCUT2D eigenvalue weighted by Crippen LogP contribution is -2.39. The monoisotopic (exact) mass is 316 g/mol. The predicted octanol–water partition coefficient (Wildman–Crippen LogP) is 2.87. The van der Waals surface area contributed by atoms with Gasteiger partial charge in [0, 0.05) is 24.4 Å². The Kier molecular flexibility index (Phi) is 4.27. The van der Waals surface area contributed by atoms with Crippen molar-refractivity contribution in [3.05, 3.63) is 60.4 Å². The summed E-state index contributed by atoms with van der Waals surface area (Å²) in [6.45, 7) is 0.439. The number of benzene rings is 1. The van der Waals surface area contributed by atoms with E-state index in [2.05, 4.69) is 21.8 Å². The van der Waals surface area contributed by atoms with Crippen LogP contribution in [0.2, 0.25) is 0 Å². The van der Waals surface area contributed by atoms with Crippen molar-refractivity contribution in [2.24, 2.45) is 0 Å². The van der Waals surface area contributed by atoms with E-state index < -0.39 is 10.0 Å². The summed E-state index contributed by atoms with van der Waals surface area (Å²) in [5, 5.41) is 0. The first-order valence-electron chi connectivity index (χ1n) is 7.58. The number of sulfonamides is 1. The van der Waals surface area contributed by atoms with Gasteiger partial charge in [0.25, 0.3) is 0 Å². The second-order valence-electron chi connectivity index (χ2n) is 5.87. The smallest absolute Gasteiger partial charge is 0.242 e. The van der Waals surface area contributed by atoms with Gasteiger partial charge in [0.15, 0.2) is 0 Å². The Labute approximate surface area is 131 Å². The first-order chi connectivity index (χ1) is 10.6. The zero-order valence-corrected chi connectivity index (χ0v) is 13.2. The lowest BCUT2D eigenvalue weighted by molar-refractivity contribution is 0.432. The summed E-state index contributed by atoms with van der Waals surface area (Å²) in [7, 11) is -3.51. The molecular weight excluding hydrogens is 296 g/mol. The molecule has 2 aromatic rings. The summed E-state index contributed by atoms with van der Waals surface area (Å²) >= 11 is 0. The molecule has 5 heteroatoms. The molecule has 1 aromatic heterocycles. The van der Waals surface area contributed by atoms with E-state index in [0.29, 0.717) is 6.54 Å². The Morgan fingerprint density at radius 3 is 2.41 bits per heavy atom. The van der Waals surface area contributed by atoms with Crippen molar-refractivity contribution in [1.29, 1.82) is 0 Å². The van der Waals surface area contributed by atoms with Crippen LogP contribution in [0.5, 0.6) is 0 Å². The quantitative estimate of drug-likeness (QED) is 0.923. The predicted molar refractivity (Wildman–Crippen MR) is 86.0 cm³/mol. The van der Waals surface area contributed by atoms with Crippen LogP contribution >= 0.6 is 0 Å². The lowest BCUT2D eigenvalue weighted by Gasteiger charge is -2.30. The molecule has 4 nitrogen and oxygen atoms in total. The highest BCUT2D eigenvalue weighted by atomic mass is 32.2. The van der Waals surface area contributed by atoms with Crippen LogP contribution in [-0.4, -0.2) is 19.9 Å². The van der Waals surface area contributed by atoms with Crippen LogP contribution in [0.15, 0.2) is 59.8 Å². The van der Waals surface area contributed by atoms with E-state index in [1.807, 2.05) is 18.2 Å². The summed E-state index contributed by atoms with van der Waals surface area (Å²) in [5.74, 6) is 0. The molecule has 1 aliphatic carbocycles. The van der Waals surface area contributed by atoms with Gasteiger partial charge >= 0.3 is 0 Å². The molecule has 116 valence electrons. The van der Waals surface area contributed by atoms with Crippen molar-refractivity contribution in [2.45, 2.75) is 36.0 Å². The lowest BCUT2D eigenvalue weighted by atomic mass is 9.79. The minimum absolute atomic E-state index is 0.0868. The van der Waals surface area contributed by atoms with Crippen LogP contribution in [0.4, 0.5) is 0 Å². The van der Waals surface area contributed by atoms with Gasteiger partial charge in [-0.1, -0.05) is 43.2 Å². The number of hydrogen-bond donors (Lipinski definition) is 1. The summed E-state index contributed by atoms with van der Waals surface area (Å²) in [6, 6.07) is 13.4. The van der Waals surface area contributed by atoms with E-state index in [9.17, 15) is 8.42 Å². The van der Waals surface area contributed by atoms with Crippen LogP contribution < -0.4 is 4.72 Å². The van der Waals surface area contributed by atoms with E-state index in [1.165, 1.54) is 11.8 Å². The maximum atomic E-state index is 12.4. The molecule has 0 atom stereocenters. The number of aromatic nitrogens is 1. The van der Waals surface area contributed by atoms with Crippen molar-refractivity contribution in [2.75, 3.05) is 6.54 Å². The average molecular weight is 316 g/mol. The molecule has 1 heterocycles. The second-order valence-corrected chi connectivity index (χ2v) is 7.63. The number of hydrogen-bond acceptors (Lipinski definition) is 3. The number of nitrogens with zero attached hydrogens (tertiary/aromatic N) is 1. The van der Waals surface area contributed by atoms with Crippen LogP contribution in [0.1, 0.15) is 31.2 Å². The number of nitrogens with one attached hydrogen (secondary N) is 1. The van der Waals surface area contributed by atoms with E-state index in [-0.39, 0.29) is 10.3 Å². The normalized spacial score (nSPS) is 17.5. The van der Waals surface area contributed by atoms with E-state index in [1.54, 1.807) is 18.3 Å². The Bertz CT molecular complexity index is 709. The molecule has 0 bridgehead atoms. The van der Waals surface area contributed by atoms with E-state index in [0.717, 1.165) is 25.7 Å². The largest absolute Gasteiger partial charge is 0.263 e. The van der Waals surface area contributed by atoms with Crippen LogP contribution in [-0.2, 0) is 15.4 Å². The summed E-state index contributed by atoms with van der Waals surface area (Å²) in [5.41, 5.74) is 1.14. The third-order valence-electron chi connectivity index (χ3n) is 4.49. The topological polar surface area (TPSA) is 59.1 Å². The molecule has 0 aliphatic heterocycles. The van der Waals surface area contributed by atoms with E-state index >= 15 is 0 Å². The molecular formula is C17H20N2O2S. The van der Waals surface area contributed by atoms with Gasteiger partial charge in [-0.25, -0.2) is 13.1 Å². The molecule has 1 fully saturated rings. The molecule has 0 saturated heterocycles. The fourth-order valence-electron chi connectivity index (χ4n) is 3.23. The maximum absolute atomic E-state index is 12.4. The first kappa shape index (κ1) is 15.2. The van der Waals surface area contributed by atoms with Crippen molar-refractivity contribution < 1.29 is 8.42 Å². The summed E-state index contributed by atoms with van der Waals surface area (Å²) in [4.78, 5) is 4.11. The molecule has 0 unspecified atom stereocenters. The second kappa shape index (κ2) is 6.18. The molecule has 1 saturated carbocycles. The average Bonchev–Trinajstić information content (AvgIpc) is 3.05. The third kappa shape index (κ3) is 3.05. The molecule has 1 aliphatic rings. The fraction of sp³-hybridized carbons (Fsp3) is 0.353. The standard InChI is InChI=1S/C17H20N2O2S/c20-22(21,16-9-6-12-18-13-16)19-14-17(10-4-5-11-17)15-7-2-1-3-8-15/h1-3,6-9,12-13,19H,4-5,10-11,14H2. The van der Waals surface area contributed by atoms with Gasteiger partial charge in [0.1, 0.15) is 4.90 Å². The summed E-state index contributed by atoms with van der Waals surface area (Å²) < 4.78 is 27.6. The SMILES string of the molecule is O=S(=O)(NCC1(c2ccccc2)CCCC1)c1cccnc1. The molecule has 0 radical (unpaired) electrons. The molecule has 1 aromatic carbocycles. The number of pyridine rings is 1. The zero-order chi connectivity index (χ0) is 15.5. The van der Waals surface area contributed by atoms with Crippen LogP contribution in [0, 0.1) is 0 Å². The zero-order valence-electron chi connectivity index (χ0n) is 12.4. The van der Waals surface area contributed by atoms with Crippen molar-refractivity contribution >= 4 is 10.0 Å². The minimum atomic E-state index is -3.51. The van der Waals surface area contributed by atoms with Gasteiger partial charge in [0.05, 0.1) is 0 Å². The first-order valence-corrected chi connectivity index (χ1v) is 9.06. The fourth-order valence-corrected chi connectivity index (χ4v) is 4.32. The Hall–Kier alpha value is -1.72. The molecule has 3 rings (SSSR count). The highest BCUT2D eigenvalue weighted by molar-refractivity contribution is 7.89. The molecule has 0 amide bonds. The highest BCUT2D eigenvalue weighted by Gasteiger charge is 2.36. The molecule has 0 spiro atoms. The van der Waals surface area contributed by atoms with Gasteiger partial charge in [-0.3, -0.25) is 4.98 Å². The number of rotatable bonds is 5. The summed E-state index contributed by atoms with van der Waals surface area (Å²) in [6.07, 6.45) is 7.28. The van der Waals surface area contributed by atoms with Crippen molar-refractivity contribution in [1.82, 2.24) is 9.71 Å². The minimum Gasteiger partial charge on any atom is -0.263 e. The van der Waals surface area contributed by atoms with Gasteiger partial charge in [-0.05, 0) is 30.5 Å². The maximum Gasteiger partial charge on any atom is 0.242 e. The molecule has 22 heavy (non-hydrogen) atoms. The van der Waals surface area contributed by atoms with Gasteiger partial charge in [0.2, 0.25) is 10.0 Å². The Morgan fingerprint density at radius 1 is 1.05 bits per heavy atom. The molecule has 1 N–H and O–H groups in total. The Balaban J connectivity index is 1.82. The van der Waals surface area contributed by atoms with Crippen LogP contribution in [0.25, 0.3) is 0 Å².